The highest BCUT2D eigenvalue weighted by Crippen LogP contribution is 2.48. The quantitative estimate of drug-likeness (QED) is 0.0385. The molecule has 50 heavy (non-hydrogen) atoms. The van der Waals surface area contributed by atoms with Crippen molar-refractivity contribution >= 4 is 74.2 Å². The summed E-state index contributed by atoms with van der Waals surface area (Å²) < 4.78 is 6.18. The Morgan fingerprint density at radius 1 is 0.980 bits per heavy atom. The third kappa shape index (κ3) is 6.53. The van der Waals surface area contributed by atoms with Crippen LogP contribution in [0.4, 0.5) is 5.00 Å². The zero-order valence-corrected chi connectivity index (χ0v) is 31.7. The molecule has 1 aromatic heterocycles. The van der Waals surface area contributed by atoms with E-state index in [1.165, 1.54) is 35.1 Å². The Labute approximate surface area is 312 Å². The van der Waals surface area contributed by atoms with Gasteiger partial charge < -0.3 is 20.6 Å². The van der Waals surface area contributed by atoms with E-state index in [1.807, 2.05) is 91.0 Å². The number of halogens is 1. The maximum atomic E-state index is 14.0. The van der Waals surface area contributed by atoms with Crippen LogP contribution in [-0.4, -0.2) is 68.4 Å². The molecule has 0 unspecified atom stereocenters. The Balaban J connectivity index is 1.36. The molecule has 2 amide bonds. The fraction of sp³-hybridized carbons (Fsp3) is 0.270. The number of ether oxygens (including phenoxy) is 1. The van der Waals surface area contributed by atoms with Gasteiger partial charge in [0.25, 0.3) is 11.8 Å². The predicted molar refractivity (Wildman–Crippen MR) is 205 cm³/mol. The summed E-state index contributed by atoms with van der Waals surface area (Å²) in [4.78, 5) is 53.2. The van der Waals surface area contributed by atoms with Crippen molar-refractivity contribution in [2.45, 2.75) is 43.9 Å². The van der Waals surface area contributed by atoms with E-state index >= 15 is 0 Å². The Kier molecular flexibility index (Phi) is 10.4. The minimum absolute atomic E-state index is 0.139. The fourth-order valence-electron chi connectivity index (χ4n) is 6.27. The molecule has 258 valence electrons. The first-order valence-electron chi connectivity index (χ1n) is 15.8. The number of alkyl halides is 1. The molecule has 0 bridgehead atoms. The number of anilines is 1. The average Bonchev–Trinajstić information content (AvgIpc) is 3.50. The molecule has 3 aromatic carbocycles. The third-order valence-corrected chi connectivity index (χ3v) is 11.8. The first-order chi connectivity index (χ1) is 24.0. The lowest BCUT2D eigenvalue weighted by Crippen LogP contribution is -2.73. The number of nitrogen functional groups attached to an aromatic ring is 1. The number of hydrogen-bond donors (Lipinski definition) is 2. The molecule has 6 rings (SSSR count). The van der Waals surface area contributed by atoms with Crippen molar-refractivity contribution in [1.82, 2.24) is 15.2 Å². The number of oxime groups is 1. The van der Waals surface area contributed by atoms with Crippen LogP contribution in [0.2, 0.25) is 0 Å². The second kappa shape index (κ2) is 14.6. The maximum absolute atomic E-state index is 14.0. The third-order valence-electron chi connectivity index (χ3n) is 8.37. The van der Waals surface area contributed by atoms with Crippen LogP contribution in [-0.2, 0) is 29.4 Å². The lowest BCUT2D eigenvalue weighted by atomic mass is 9.70. The molecular formula is C37H36IN5O5S2. The van der Waals surface area contributed by atoms with Crippen molar-refractivity contribution in [3.8, 4) is 0 Å². The van der Waals surface area contributed by atoms with E-state index in [1.54, 1.807) is 20.8 Å². The van der Waals surface area contributed by atoms with Crippen LogP contribution in [0.15, 0.2) is 107 Å². The minimum Gasteiger partial charge on any atom is -0.455 e. The lowest BCUT2D eigenvalue weighted by Gasteiger charge is -2.50. The number of carbonyl (C=O) groups excluding carboxylic acids is 3. The molecule has 0 spiro atoms. The number of thiazole rings is 1. The highest BCUT2D eigenvalue weighted by Gasteiger charge is 2.54. The van der Waals surface area contributed by atoms with Gasteiger partial charge in [0.2, 0.25) is 0 Å². The van der Waals surface area contributed by atoms with Gasteiger partial charge in [-0.25, -0.2) is 9.78 Å². The Morgan fingerprint density at radius 3 is 2.00 bits per heavy atom. The zero-order chi connectivity index (χ0) is 35.6. The molecule has 2 aliphatic heterocycles. The van der Waals surface area contributed by atoms with Crippen molar-refractivity contribution in [2.75, 3.05) is 23.0 Å². The van der Waals surface area contributed by atoms with Crippen molar-refractivity contribution in [3.05, 3.63) is 129 Å². The fourth-order valence-corrected chi connectivity index (χ4v) is 9.49. The van der Waals surface area contributed by atoms with Crippen LogP contribution in [0, 0.1) is 0 Å². The van der Waals surface area contributed by atoms with Crippen LogP contribution in [0.1, 0.15) is 48.2 Å². The largest absolute Gasteiger partial charge is 0.455 e. The normalized spacial score (nSPS) is 17.9. The van der Waals surface area contributed by atoms with Gasteiger partial charge in [-0.3, -0.25) is 14.5 Å². The van der Waals surface area contributed by atoms with Crippen LogP contribution >= 0.6 is 45.7 Å². The second-order valence-corrected chi connectivity index (χ2v) is 15.6. The Hall–Kier alpha value is -4.21. The second-order valence-electron chi connectivity index (χ2n) is 12.6. The van der Waals surface area contributed by atoms with Crippen LogP contribution in [0.25, 0.3) is 0 Å². The number of benzene rings is 3. The van der Waals surface area contributed by atoms with E-state index in [0.29, 0.717) is 15.2 Å². The van der Waals surface area contributed by atoms with Gasteiger partial charge in [0.05, 0.1) is 11.5 Å². The van der Waals surface area contributed by atoms with Crippen molar-refractivity contribution in [2.24, 2.45) is 5.16 Å². The van der Waals surface area contributed by atoms with Crippen LogP contribution in [0.3, 0.4) is 0 Å². The summed E-state index contributed by atoms with van der Waals surface area (Å²) in [5, 5.41) is 7.79. The van der Waals surface area contributed by atoms with Gasteiger partial charge in [0.15, 0.2) is 5.71 Å². The molecule has 13 heteroatoms. The molecule has 3 heterocycles. The molecule has 1 saturated heterocycles. The topological polar surface area (TPSA) is 136 Å². The van der Waals surface area contributed by atoms with Gasteiger partial charge in [-0.2, -0.15) is 0 Å². The van der Waals surface area contributed by atoms with E-state index < -0.39 is 40.9 Å². The van der Waals surface area contributed by atoms with Crippen LogP contribution < -0.4 is 11.1 Å². The number of carbonyl (C=O) groups is 3. The number of amides is 2. The van der Waals surface area contributed by atoms with E-state index in [9.17, 15) is 14.4 Å². The van der Waals surface area contributed by atoms with Crippen molar-refractivity contribution in [3.63, 3.8) is 0 Å². The summed E-state index contributed by atoms with van der Waals surface area (Å²) in [5.74, 6) is -1.16. The molecule has 4 aromatic rings. The number of rotatable bonds is 10. The zero-order valence-electron chi connectivity index (χ0n) is 27.9. The molecule has 0 aliphatic carbocycles. The van der Waals surface area contributed by atoms with Gasteiger partial charge in [-0.05, 0) is 37.5 Å². The number of nitrogens with two attached hydrogens (primary N) is 1. The highest BCUT2D eigenvalue weighted by atomic mass is 127. The summed E-state index contributed by atoms with van der Waals surface area (Å²) in [6.07, 6.45) is 0. The number of β-lactam (4-membered cyclic amide) rings is 1. The standard InChI is InChI=1S/C37H36IN5O5S2/c1-36(2,3)48-34(46)30-26(20-38)49-21-25-27(33(45)43(25)30)40-32(44)29(42-47-4)28-31(39)50-35(41-28)37(22-14-8-5-9-15-22,23-16-10-6-11-17-23)24-18-12-7-13-19-24/h5-19,25,27H,20-21,39H2,1-4H3,(H,40,44)/b42-29-/t25-,27+/m1/s1. The highest BCUT2D eigenvalue weighted by molar-refractivity contribution is 14.1. The summed E-state index contributed by atoms with van der Waals surface area (Å²) in [7, 11) is 1.33. The summed E-state index contributed by atoms with van der Waals surface area (Å²) in [5.41, 5.74) is 8.14. The van der Waals surface area contributed by atoms with Crippen molar-refractivity contribution in [1.29, 1.82) is 0 Å². The van der Waals surface area contributed by atoms with Gasteiger partial charge in [0, 0.05) is 15.1 Å². The molecule has 0 saturated carbocycles. The van der Waals surface area contributed by atoms with Gasteiger partial charge in [-0.15, -0.1) is 11.8 Å². The number of thioether (sulfide) groups is 1. The molecule has 3 N–H and O–H groups in total. The predicted octanol–water partition coefficient (Wildman–Crippen LogP) is 5.89. The van der Waals surface area contributed by atoms with Gasteiger partial charge >= 0.3 is 5.97 Å². The number of nitrogens with one attached hydrogen (secondary N) is 1. The molecule has 10 nitrogen and oxygen atoms in total. The number of allylic oxidation sites excluding steroid dienone is 1. The van der Waals surface area contributed by atoms with Crippen molar-refractivity contribution < 1.29 is 24.0 Å². The van der Waals surface area contributed by atoms with Gasteiger partial charge in [-0.1, -0.05) is 130 Å². The number of fused-ring (bicyclic) bond motifs is 1. The molecule has 1 fully saturated rings. The maximum Gasteiger partial charge on any atom is 0.356 e. The molecule has 0 radical (unpaired) electrons. The number of esters is 1. The smallest absolute Gasteiger partial charge is 0.356 e. The number of aromatic nitrogens is 1. The lowest BCUT2D eigenvalue weighted by molar-refractivity contribution is -0.160. The Morgan fingerprint density at radius 2 is 1.52 bits per heavy atom. The number of nitrogens with zero attached hydrogens (tertiary/aromatic N) is 3. The van der Waals surface area contributed by atoms with E-state index in [2.05, 4.69) is 33.1 Å². The van der Waals surface area contributed by atoms with E-state index in [-0.39, 0.29) is 22.1 Å². The number of hydrogen-bond acceptors (Lipinski definition) is 10. The molecular weight excluding hydrogens is 785 g/mol. The molecule has 2 aliphatic rings. The summed E-state index contributed by atoms with van der Waals surface area (Å²) in [6.45, 7) is 5.33. The first-order valence-corrected chi connectivity index (χ1v) is 19.2. The van der Waals surface area contributed by atoms with Gasteiger partial charge in [0.1, 0.15) is 40.2 Å². The first kappa shape index (κ1) is 35.6. The average molecular weight is 822 g/mol. The van der Waals surface area contributed by atoms with E-state index in [0.717, 1.165) is 21.6 Å². The summed E-state index contributed by atoms with van der Waals surface area (Å²) in [6, 6.07) is 28.7. The monoisotopic (exact) mass is 821 g/mol. The Bertz CT molecular complexity index is 1870. The van der Waals surface area contributed by atoms with Crippen LogP contribution in [0.5, 0.6) is 0 Å². The SMILES string of the molecule is CO/N=C(\C(=O)N[C@@H]1C(=O)N2C(C(=O)OC(C)(C)C)=C(CI)SC[C@H]12)c1nc(C(c2ccccc2)(c2ccccc2)c2ccccc2)sc1N. The minimum atomic E-state index is -0.901. The molecule has 2 atom stereocenters. The van der Waals surface area contributed by atoms with E-state index in [4.69, 9.17) is 20.3 Å². The summed E-state index contributed by atoms with van der Waals surface area (Å²) >= 11 is 4.91.